The Morgan fingerprint density at radius 2 is 2.17 bits per heavy atom. The number of hydrogen-bond acceptors (Lipinski definition) is 3. The monoisotopic (exact) mass is 164 g/mol. The topological polar surface area (TPSA) is 52.7 Å². The SMILES string of the molecule is Cn1cc2cnn(C)c(=O)c2n1. The highest BCUT2D eigenvalue weighted by molar-refractivity contribution is 5.75. The molecule has 2 heterocycles. The largest absolute Gasteiger partial charge is 0.294 e. The number of rotatable bonds is 0. The lowest BCUT2D eigenvalue weighted by Gasteiger charge is -1.91. The standard InChI is InChI=1S/C7H8N4O/c1-10-4-5-3-8-11(2)7(12)6(5)9-10/h3-4H,1-2H3. The number of nitrogens with zero attached hydrogens (tertiary/aromatic N) is 4. The van der Waals surface area contributed by atoms with Crippen LogP contribution in [0.4, 0.5) is 0 Å². The van der Waals surface area contributed by atoms with Gasteiger partial charge in [0, 0.05) is 25.7 Å². The Morgan fingerprint density at radius 3 is 2.92 bits per heavy atom. The highest BCUT2D eigenvalue weighted by Gasteiger charge is 2.03. The number of hydrogen-bond donors (Lipinski definition) is 0. The second-order valence-electron chi connectivity index (χ2n) is 2.68. The van der Waals surface area contributed by atoms with Gasteiger partial charge in [-0.05, 0) is 0 Å². The molecule has 5 heteroatoms. The van der Waals surface area contributed by atoms with E-state index in [0.29, 0.717) is 5.52 Å². The summed E-state index contributed by atoms with van der Waals surface area (Å²) >= 11 is 0. The van der Waals surface area contributed by atoms with Gasteiger partial charge in [-0.3, -0.25) is 9.48 Å². The molecule has 0 spiro atoms. The molecule has 5 nitrogen and oxygen atoms in total. The van der Waals surface area contributed by atoms with E-state index in [9.17, 15) is 4.79 Å². The smallest absolute Gasteiger partial charge is 0.274 e. The zero-order valence-electron chi connectivity index (χ0n) is 6.85. The fourth-order valence-corrected chi connectivity index (χ4v) is 1.12. The lowest BCUT2D eigenvalue weighted by atomic mass is 10.4. The maximum atomic E-state index is 11.4. The van der Waals surface area contributed by atoms with Crippen molar-refractivity contribution in [1.29, 1.82) is 0 Å². The third kappa shape index (κ3) is 0.827. The molecule has 0 aliphatic heterocycles. The summed E-state index contributed by atoms with van der Waals surface area (Å²) in [6, 6.07) is 0. The van der Waals surface area contributed by atoms with E-state index >= 15 is 0 Å². The van der Waals surface area contributed by atoms with Crippen LogP contribution in [0.1, 0.15) is 0 Å². The normalized spacial score (nSPS) is 10.8. The van der Waals surface area contributed by atoms with Crippen LogP contribution in [0.25, 0.3) is 10.9 Å². The van der Waals surface area contributed by atoms with E-state index < -0.39 is 0 Å². The molecule has 0 fully saturated rings. The molecular formula is C7H8N4O. The van der Waals surface area contributed by atoms with Gasteiger partial charge in [-0.25, -0.2) is 4.68 Å². The summed E-state index contributed by atoms with van der Waals surface area (Å²) in [4.78, 5) is 11.4. The summed E-state index contributed by atoms with van der Waals surface area (Å²) in [5.41, 5.74) is 0.308. The van der Waals surface area contributed by atoms with Crippen LogP contribution in [0.15, 0.2) is 17.2 Å². The van der Waals surface area contributed by atoms with E-state index in [2.05, 4.69) is 10.2 Å². The van der Waals surface area contributed by atoms with Crippen LogP contribution >= 0.6 is 0 Å². The van der Waals surface area contributed by atoms with Gasteiger partial charge in [0.05, 0.1) is 6.20 Å². The molecule has 0 bridgehead atoms. The first-order chi connectivity index (χ1) is 5.68. The molecule has 0 aliphatic carbocycles. The second kappa shape index (κ2) is 2.17. The van der Waals surface area contributed by atoms with Crippen molar-refractivity contribution >= 4 is 10.9 Å². The second-order valence-corrected chi connectivity index (χ2v) is 2.68. The van der Waals surface area contributed by atoms with Crippen LogP contribution < -0.4 is 5.56 Å². The van der Waals surface area contributed by atoms with E-state index in [0.717, 1.165) is 5.39 Å². The van der Waals surface area contributed by atoms with Gasteiger partial charge >= 0.3 is 0 Å². The molecule has 0 aliphatic rings. The quantitative estimate of drug-likeness (QED) is 0.535. The summed E-state index contributed by atoms with van der Waals surface area (Å²) in [6.45, 7) is 0. The van der Waals surface area contributed by atoms with Gasteiger partial charge < -0.3 is 0 Å². The summed E-state index contributed by atoms with van der Waals surface area (Å²) in [7, 11) is 3.38. The third-order valence-corrected chi connectivity index (χ3v) is 1.72. The maximum absolute atomic E-state index is 11.4. The van der Waals surface area contributed by atoms with Gasteiger partial charge in [0.1, 0.15) is 0 Å². The molecule has 0 radical (unpaired) electrons. The van der Waals surface area contributed by atoms with Gasteiger partial charge in [-0.2, -0.15) is 10.2 Å². The Kier molecular flexibility index (Phi) is 1.27. The van der Waals surface area contributed by atoms with Crippen LogP contribution in [-0.4, -0.2) is 19.6 Å². The van der Waals surface area contributed by atoms with E-state index in [1.165, 1.54) is 4.68 Å². The molecule has 0 saturated heterocycles. The van der Waals surface area contributed by atoms with Crippen molar-refractivity contribution in [3.8, 4) is 0 Å². The van der Waals surface area contributed by atoms with Gasteiger partial charge in [-0.1, -0.05) is 0 Å². The van der Waals surface area contributed by atoms with Crippen molar-refractivity contribution in [2.45, 2.75) is 0 Å². The summed E-state index contributed by atoms with van der Waals surface area (Å²) in [5, 5.41) is 8.67. The van der Waals surface area contributed by atoms with E-state index in [4.69, 9.17) is 0 Å². The van der Waals surface area contributed by atoms with Crippen molar-refractivity contribution in [3.63, 3.8) is 0 Å². The molecule has 0 amide bonds. The van der Waals surface area contributed by atoms with Crippen molar-refractivity contribution in [3.05, 3.63) is 22.7 Å². The number of aryl methyl sites for hydroxylation is 2. The van der Waals surface area contributed by atoms with E-state index in [1.807, 2.05) is 0 Å². The first-order valence-corrected chi connectivity index (χ1v) is 3.54. The van der Waals surface area contributed by atoms with Crippen LogP contribution in [0.2, 0.25) is 0 Å². The molecule has 2 aromatic heterocycles. The molecule has 2 aromatic rings. The molecule has 0 saturated carbocycles. The number of aromatic nitrogens is 4. The average Bonchev–Trinajstić information content (AvgIpc) is 2.39. The first-order valence-electron chi connectivity index (χ1n) is 3.54. The highest BCUT2D eigenvalue weighted by Crippen LogP contribution is 2.02. The molecule has 0 N–H and O–H groups in total. The molecule has 0 atom stereocenters. The van der Waals surface area contributed by atoms with E-state index in [1.54, 1.807) is 31.2 Å². The zero-order valence-corrected chi connectivity index (χ0v) is 6.85. The Bertz CT molecular complexity index is 482. The Balaban J connectivity index is 2.99. The Hall–Kier alpha value is -1.65. The minimum Gasteiger partial charge on any atom is -0.274 e. The van der Waals surface area contributed by atoms with Crippen LogP contribution in [0.3, 0.4) is 0 Å². The van der Waals surface area contributed by atoms with Crippen LogP contribution in [-0.2, 0) is 14.1 Å². The zero-order chi connectivity index (χ0) is 8.72. The molecule has 2 rings (SSSR count). The third-order valence-electron chi connectivity index (χ3n) is 1.72. The predicted molar refractivity (Wildman–Crippen MR) is 43.8 cm³/mol. The predicted octanol–water partition coefficient (Wildman–Crippen LogP) is -0.333. The Morgan fingerprint density at radius 1 is 1.42 bits per heavy atom. The van der Waals surface area contributed by atoms with Crippen molar-refractivity contribution in [2.24, 2.45) is 14.1 Å². The number of fused-ring (bicyclic) bond motifs is 1. The van der Waals surface area contributed by atoms with Crippen molar-refractivity contribution in [2.75, 3.05) is 0 Å². The van der Waals surface area contributed by atoms with Gasteiger partial charge in [-0.15, -0.1) is 0 Å². The summed E-state index contributed by atoms with van der Waals surface area (Å²) < 4.78 is 2.88. The Labute approximate surface area is 68.2 Å². The fourth-order valence-electron chi connectivity index (χ4n) is 1.12. The van der Waals surface area contributed by atoms with Crippen LogP contribution in [0.5, 0.6) is 0 Å². The molecular weight excluding hydrogens is 156 g/mol. The molecule has 0 aromatic carbocycles. The lowest BCUT2D eigenvalue weighted by molar-refractivity contribution is 0.712. The fraction of sp³-hybridized carbons (Fsp3) is 0.286. The maximum Gasteiger partial charge on any atom is 0.294 e. The van der Waals surface area contributed by atoms with Gasteiger partial charge in [0.15, 0.2) is 5.52 Å². The van der Waals surface area contributed by atoms with Crippen LogP contribution in [0, 0.1) is 0 Å². The molecule has 12 heavy (non-hydrogen) atoms. The first kappa shape index (κ1) is 7.02. The van der Waals surface area contributed by atoms with Gasteiger partial charge in [0.25, 0.3) is 5.56 Å². The summed E-state index contributed by atoms with van der Waals surface area (Å²) in [5.74, 6) is 0. The summed E-state index contributed by atoms with van der Waals surface area (Å²) in [6.07, 6.45) is 3.40. The molecule has 0 unspecified atom stereocenters. The minimum absolute atomic E-state index is 0.159. The van der Waals surface area contributed by atoms with E-state index in [-0.39, 0.29) is 5.56 Å². The average molecular weight is 164 g/mol. The highest BCUT2D eigenvalue weighted by atomic mass is 16.1. The minimum atomic E-state index is -0.159. The molecule has 62 valence electrons. The lowest BCUT2D eigenvalue weighted by Crippen LogP contribution is -2.19. The van der Waals surface area contributed by atoms with Gasteiger partial charge in [0.2, 0.25) is 0 Å². The van der Waals surface area contributed by atoms with Crippen molar-refractivity contribution in [1.82, 2.24) is 19.6 Å². The van der Waals surface area contributed by atoms with Crippen molar-refractivity contribution < 1.29 is 0 Å².